The zero-order valence-corrected chi connectivity index (χ0v) is 15.9. The molecule has 2 amide bonds. The lowest BCUT2D eigenvalue weighted by molar-refractivity contribution is -0.142. The number of amides is 2. The van der Waals surface area contributed by atoms with Crippen molar-refractivity contribution in [2.24, 2.45) is 4.99 Å². The number of hydrogen-bond donors (Lipinski definition) is 2. The first kappa shape index (κ1) is 17.9. The lowest BCUT2D eigenvalue weighted by Gasteiger charge is -2.36. The summed E-state index contributed by atoms with van der Waals surface area (Å²) in [6, 6.07) is 3.81. The molecule has 9 nitrogen and oxygen atoms in total. The zero-order chi connectivity index (χ0) is 19.8. The van der Waals surface area contributed by atoms with Crippen molar-refractivity contribution < 1.29 is 14.3 Å². The first-order valence-electron chi connectivity index (χ1n) is 9.88. The third-order valence-corrected chi connectivity index (χ3v) is 5.56. The van der Waals surface area contributed by atoms with E-state index in [1.807, 2.05) is 28.1 Å². The standard InChI is InChI=1S/C20H22N6O3/c27-18-15(11-13-12-22-17-14(13)3-1-5-21-17)23-20(24-18)26-8-6-25(7-9-26)19(28)16-4-2-10-29-16/h1,3,5,11-12,16H,2,4,6-10H2,(H,21,22)(H,23,24,27). The second kappa shape index (κ2) is 7.32. The predicted molar refractivity (Wildman–Crippen MR) is 107 cm³/mol. The minimum absolute atomic E-state index is 0.0769. The molecule has 2 N–H and O–H groups in total. The van der Waals surface area contributed by atoms with Gasteiger partial charge in [-0.15, -0.1) is 0 Å². The molecule has 2 aromatic heterocycles. The Morgan fingerprint density at radius 1 is 1.28 bits per heavy atom. The van der Waals surface area contributed by atoms with Crippen LogP contribution >= 0.6 is 0 Å². The van der Waals surface area contributed by atoms with E-state index in [2.05, 4.69) is 20.3 Å². The molecule has 2 saturated heterocycles. The number of aliphatic imine (C=N–C) groups is 1. The minimum atomic E-state index is -0.287. The van der Waals surface area contributed by atoms with Crippen LogP contribution in [0.2, 0.25) is 0 Å². The van der Waals surface area contributed by atoms with Gasteiger partial charge in [0.05, 0.1) is 0 Å². The van der Waals surface area contributed by atoms with Crippen molar-refractivity contribution >= 4 is 34.9 Å². The molecule has 0 bridgehead atoms. The number of aromatic amines is 1. The molecule has 5 heterocycles. The second-order valence-electron chi connectivity index (χ2n) is 7.38. The number of carbonyl (C=O) groups is 2. The lowest BCUT2D eigenvalue weighted by atomic mass is 10.2. The van der Waals surface area contributed by atoms with Gasteiger partial charge < -0.3 is 19.5 Å². The van der Waals surface area contributed by atoms with Gasteiger partial charge in [-0.1, -0.05) is 0 Å². The maximum Gasteiger partial charge on any atom is 0.276 e. The van der Waals surface area contributed by atoms with Gasteiger partial charge in [0, 0.05) is 56.1 Å². The van der Waals surface area contributed by atoms with E-state index in [1.165, 1.54) is 0 Å². The van der Waals surface area contributed by atoms with Crippen LogP contribution in [0.3, 0.4) is 0 Å². The summed E-state index contributed by atoms with van der Waals surface area (Å²) < 4.78 is 5.50. The first-order chi connectivity index (χ1) is 14.2. The Balaban J connectivity index is 1.28. The van der Waals surface area contributed by atoms with Gasteiger partial charge in [-0.05, 0) is 31.1 Å². The number of ether oxygens (including phenoxy) is 1. The second-order valence-corrected chi connectivity index (χ2v) is 7.38. The van der Waals surface area contributed by atoms with E-state index < -0.39 is 0 Å². The van der Waals surface area contributed by atoms with Crippen molar-refractivity contribution in [1.29, 1.82) is 0 Å². The van der Waals surface area contributed by atoms with Gasteiger partial charge in [-0.2, -0.15) is 0 Å². The molecule has 1 atom stereocenters. The molecule has 5 rings (SSSR count). The van der Waals surface area contributed by atoms with Crippen molar-refractivity contribution in [3.05, 3.63) is 35.8 Å². The van der Waals surface area contributed by atoms with Crippen molar-refractivity contribution in [2.45, 2.75) is 18.9 Å². The van der Waals surface area contributed by atoms with Gasteiger partial charge in [-0.25, -0.2) is 9.98 Å². The number of pyridine rings is 1. The fourth-order valence-corrected chi connectivity index (χ4v) is 3.96. The molecular formula is C20H22N6O3. The normalized spacial score (nSPS) is 23.7. The Bertz CT molecular complexity index is 1010. The third kappa shape index (κ3) is 3.38. The highest BCUT2D eigenvalue weighted by atomic mass is 16.5. The number of rotatable bonds is 2. The number of nitrogens with zero attached hydrogens (tertiary/aromatic N) is 4. The third-order valence-electron chi connectivity index (χ3n) is 5.56. The summed E-state index contributed by atoms with van der Waals surface area (Å²) in [6.45, 7) is 3.12. The molecule has 150 valence electrons. The minimum Gasteiger partial charge on any atom is -0.368 e. The number of guanidine groups is 1. The molecular weight excluding hydrogens is 372 g/mol. The number of H-pyrrole nitrogens is 1. The number of nitrogens with one attached hydrogen (secondary N) is 2. The van der Waals surface area contributed by atoms with Crippen LogP contribution in [-0.2, 0) is 14.3 Å². The van der Waals surface area contributed by atoms with Crippen LogP contribution in [0.1, 0.15) is 18.4 Å². The molecule has 0 saturated carbocycles. The van der Waals surface area contributed by atoms with Crippen molar-refractivity contribution in [3.63, 3.8) is 0 Å². The highest BCUT2D eigenvalue weighted by Crippen LogP contribution is 2.21. The number of aromatic nitrogens is 2. The van der Waals surface area contributed by atoms with Gasteiger partial charge in [0.15, 0.2) is 0 Å². The van der Waals surface area contributed by atoms with Crippen LogP contribution in [0.4, 0.5) is 0 Å². The molecule has 0 aromatic carbocycles. The summed E-state index contributed by atoms with van der Waals surface area (Å²) >= 11 is 0. The van der Waals surface area contributed by atoms with Crippen LogP contribution in [-0.4, -0.2) is 76.4 Å². The average Bonchev–Trinajstić information content (AvgIpc) is 3.49. The predicted octanol–water partition coefficient (Wildman–Crippen LogP) is 0.713. The quantitative estimate of drug-likeness (QED) is 0.731. The van der Waals surface area contributed by atoms with Crippen LogP contribution in [0.15, 0.2) is 35.2 Å². The summed E-state index contributed by atoms with van der Waals surface area (Å²) in [5, 5.41) is 3.79. The molecule has 2 aromatic rings. The maximum absolute atomic E-state index is 12.5. The molecule has 0 spiro atoms. The molecule has 0 aliphatic carbocycles. The van der Waals surface area contributed by atoms with Gasteiger partial charge in [0.1, 0.15) is 17.4 Å². The molecule has 1 unspecified atom stereocenters. The smallest absolute Gasteiger partial charge is 0.276 e. The zero-order valence-electron chi connectivity index (χ0n) is 15.9. The molecule has 2 fully saturated rings. The summed E-state index contributed by atoms with van der Waals surface area (Å²) in [5.41, 5.74) is 2.01. The maximum atomic E-state index is 12.5. The molecule has 3 aliphatic rings. The van der Waals surface area contributed by atoms with Crippen molar-refractivity contribution in [1.82, 2.24) is 25.1 Å². The Morgan fingerprint density at radius 2 is 2.14 bits per heavy atom. The van der Waals surface area contributed by atoms with Crippen molar-refractivity contribution in [2.75, 3.05) is 32.8 Å². The van der Waals surface area contributed by atoms with Crippen LogP contribution in [0.5, 0.6) is 0 Å². The fourth-order valence-electron chi connectivity index (χ4n) is 3.96. The summed E-state index contributed by atoms with van der Waals surface area (Å²) in [5.74, 6) is 0.396. The summed E-state index contributed by atoms with van der Waals surface area (Å²) in [4.78, 5) is 40.6. The number of fused-ring (bicyclic) bond motifs is 1. The van der Waals surface area contributed by atoms with Gasteiger partial charge in [0.2, 0.25) is 5.96 Å². The van der Waals surface area contributed by atoms with E-state index in [-0.39, 0.29) is 17.9 Å². The number of piperazine rings is 1. The molecule has 3 aliphatic heterocycles. The number of hydrogen-bond acceptors (Lipinski definition) is 6. The van der Waals surface area contributed by atoms with Crippen LogP contribution in [0.25, 0.3) is 17.1 Å². The molecule has 9 heteroatoms. The van der Waals surface area contributed by atoms with Gasteiger partial charge in [0.25, 0.3) is 11.8 Å². The SMILES string of the molecule is O=C1NC(N2CCN(C(=O)C3CCCO3)CC2)=NC1=Cc1c[nH]c2ncccc12. The lowest BCUT2D eigenvalue weighted by Crippen LogP contribution is -2.54. The average molecular weight is 394 g/mol. The summed E-state index contributed by atoms with van der Waals surface area (Å²) in [7, 11) is 0. The van der Waals surface area contributed by atoms with E-state index in [0.717, 1.165) is 29.4 Å². The Labute approximate surface area is 167 Å². The first-order valence-corrected chi connectivity index (χ1v) is 9.88. The van der Waals surface area contributed by atoms with E-state index in [1.54, 1.807) is 12.3 Å². The Morgan fingerprint density at radius 3 is 2.93 bits per heavy atom. The van der Waals surface area contributed by atoms with E-state index in [4.69, 9.17) is 4.74 Å². The van der Waals surface area contributed by atoms with Crippen LogP contribution < -0.4 is 5.32 Å². The topological polar surface area (TPSA) is 103 Å². The Hall–Kier alpha value is -3.20. The number of carbonyl (C=O) groups excluding carboxylic acids is 2. The fraction of sp³-hybridized carbons (Fsp3) is 0.400. The van der Waals surface area contributed by atoms with E-state index >= 15 is 0 Å². The van der Waals surface area contributed by atoms with Gasteiger partial charge >= 0.3 is 0 Å². The molecule has 0 radical (unpaired) electrons. The summed E-state index contributed by atoms with van der Waals surface area (Å²) in [6.07, 6.45) is 6.77. The van der Waals surface area contributed by atoms with E-state index in [0.29, 0.717) is 44.4 Å². The monoisotopic (exact) mass is 394 g/mol. The Kier molecular flexibility index (Phi) is 4.51. The molecule has 29 heavy (non-hydrogen) atoms. The van der Waals surface area contributed by atoms with E-state index in [9.17, 15) is 9.59 Å². The van der Waals surface area contributed by atoms with Crippen molar-refractivity contribution in [3.8, 4) is 0 Å². The van der Waals surface area contributed by atoms with Gasteiger partial charge in [-0.3, -0.25) is 14.9 Å². The van der Waals surface area contributed by atoms with Crippen LogP contribution in [0, 0.1) is 0 Å². The highest BCUT2D eigenvalue weighted by molar-refractivity contribution is 6.14. The largest absolute Gasteiger partial charge is 0.368 e. The highest BCUT2D eigenvalue weighted by Gasteiger charge is 2.32.